The topological polar surface area (TPSA) is 62.2 Å². The summed E-state index contributed by atoms with van der Waals surface area (Å²) in [6.07, 6.45) is 0.863. The molecule has 2 rings (SSSR count). The molecule has 2 atom stereocenters. The second-order valence-corrected chi connectivity index (χ2v) is 6.53. The molecule has 2 saturated heterocycles. The second-order valence-electron chi connectivity index (χ2n) is 6.53. The molecule has 0 aromatic heterocycles. The molecule has 2 heterocycles. The van der Waals surface area contributed by atoms with Gasteiger partial charge in [-0.2, -0.15) is 0 Å². The van der Waals surface area contributed by atoms with Crippen molar-refractivity contribution < 1.29 is 19.4 Å². The molecule has 1 amide bonds. The maximum atomic E-state index is 12.1. The monoisotopic (exact) mass is 286 g/mol. The Balaban J connectivity index is 1.83. The van der Waals surface area contributed by atoms with Gasteiger partial charge in [0.25, 0.3) is 0 Å². The third kappa shape index (κ3) is 4.07. The van der Waals surface area contributed by atoms with Gasteiger partial charge in [-0.3, -0.25) is 4.90 Å². The number of amides is 1. The van der Waals surface area contributed by atoms with Crippen LogP contribution >= 0.6 is 0 Å². The molecule has 1 N–H and O–H groups in total. The molecule has 116 valence electrons. The molecule has 0 aromatic rings. The average molecular weight is 286 g/mol. The van der Waals surface area contributed by atoms with Gasteiger partial charge in [0.1, 0.15) is 5.60 Å². The predicted molar refractivity (Wildman–Crippen MR) is 74.6 cm³/mol. The Morgan fingerprint density at radius 3 is 2.70 bits per heavy atom. The van der Waals surface area contributed by atoms with Crippen molar-refractivity contribution in [3.63, 3.8) is 0 Å². The van der Waals surface area contributed by atoms with Crippen LogP contribution in [0, 0.1) is 0 Å². The molecular weight excluding hydrogens is 260 g/mol. The van der Waals surface area contributed by atoms with Gasteiger partial charge in [-0.1, -0.05) is 0 Å². The molecule has 0 saturated carbocycles. The third-order valence-corrected chi connectivity index (χ3v) is 3.67. The summed E-state index contributed by atoms with van der Waals surface area (Å²) in [5, 5.41) is 8.80. The summed E-state index contributed by atoms with van der Waals surface area (Å²) >= 11 is 0. The Hall–Kier alpha value is -0.850. The van der Waals surface area contributed by atoms with Crippen molar-refractivity contribution >= 4 is 6.09 Å². The SMILES string of the molecule is CC(C)(C)OC(=O)N1CCN2C[C@H](OCCO)C[C@H]2C1. The van der Waals surface area contributed by atoms with Crippen LogP contribution < -0.4 is 0 Å². The van der Waals surface area contributed by atoms with Crippen LogP contribution in [0.4, 0.5) is 4.79 Å². The summed E-state index contributed by atoms with van der Waals surface area (Å²) in [5.74, 6) is 0. The molecule has 0 aliphatic carbocycles. The lowest BCUT2D eigenvalue weighted by molar-refractivity contribution is 0.00891. The number of aliphatic hydroxyl groups excluding tert-OH is 1. The van der Waals surface area contributed by atoms with Crippen molar-refractivity contribution in [2.45, 2.75) is 44.9 Å². The first kappa shape index (κ1) is 15.5. The van der Waals surface area contributed by atoms with Crippen molar-refractivity contribution in [2.24, 2.45) is 0 Å². The summed E-state index contributed by atoms with van der Waals surface area (Å²) in [4.78, 5) is 16.2. The van der Waals surface area contributed by atoms with E-state index in [4.69, 9.17) is 14.6 Å². The maximum absolute atomic E-state index is 12.1. The van der Waals surface area contributed by atoms with Crippen molar-refractivity contribution in [3.05, 3.63) is 0 Å². The number of fused-ring (bicyclic) bond motifs is 1. The van der Waals surface area contributed by atoms with Gasteiger partial charge in [-0.15, -0.1) is 0 Å². The van der Waals surface area contributed by atoms with Crippen LogP contribution in [0.3, 0.4) is 0 Å². The van der Waals surface area contributed by atoms with Crippen LogP contribution in [0.25, 0.3) is 0 Å². The number of hydrogen-bond acceptors (Lipinski definition) is 5. The average Bonchev–Trinajstić information content (AvgIpc) is 2.75. The van der Waals surface area contributed by atoms with Crippen molar-refractivity contribution in [3.8, 4) is 0 Å². The van der Waals surface area contributed by atoms with Crippen LogP contribution in [0.1, 0.15) is 27.2 Å². The number of carbonyl (C=O) groups excluding carboxylic acids is 1. The van der Waals surface area contributed by atoms with Gasteiger partial charge in [0, 0.05) is 32.2 Å². The highest BCUT2D eigenvalue weighted by Crippen LogP contribution is 2.25. The van der Waals surface area contributed by atoms with Crippen LogP contribution in [0.15, 0.2) is 0 Å². The maximum Gasteiger partial charge on any atom is 0.410 e. The zero-order valence-corrected chi connectivity index (χ0v) is 12.7. The molecule has 6 nitrogen and oxygen atoms in total. The fraction of sp³-hybridized carbons (Fsp3) is 0.929. The third-order valence-electron chi connectivity index (χ3n) is 3.67. The van der Waals surface area contributed by atoms with Gasteiger partial charge in [0.05, 0.1) is 19.3 Å². The van der Waals surface area contributed by atoms with Gasteiger partial charge >= 0.3 is 6.09 Å². The fourth-order valence-electron chi connectivity index (χ4n) is 2.83. The summed E-state index contributed by atoms with van der Waals surface area (Å²) in [7, 11) is 0. The first-order chi connectivity index (χ1) is 9.39. The summed E-state index contributed by atoms with van der Waals surface area (Å²) < 4.78 is 11.0. The Morgan fingerprint density at radius 2 is 2.05 bits per heavy atom. The lowest BCUT2D eigenvalue weighted by Gasteiger charge is -2.37. The number of piperazine rings is 1. The van der Waals surface area contributed by atoms with Crippen LogP contribution in [0.2, 0.25) is 0 Å². The van der Waals surface area contributed by atoms with Gasteiger partial charge in [-0.25, -0.2) is 4.79 Å². The quantitative estimate of drug-likeness (QED) is 0.827. The minimum atomic E-state index is -0.448. The molecule has 0 bridgehead atoms. The molecule has 2 aliphatic rings. The molecule has 0 spiro atoms. The largest absolute Gasteiger partial charge is 0.444 e. The Kier molecular flexibility index (Phi) is 4.88. The normalized spacial score (nSPS) is 27.5. The van der Waals surface area contributed by atoms with E-state index in [0.717, 1.165) is 19.5 Å². The molecule has 0 aromatic carbocycles. The highest BCUT2D eigenvalue weighted by Gasteiger charge is 2.38. The van der Waals surface area contributed by atoms with Crippen molar-refractivity contribution in [1.29, 1.82) is 0 Å². The lowest BCUT2D eigenvalue weighted by atomic mass is 10.1. The number of hydrogen-bond donors (Lipinski definition) is 1. The zero-order valence-electron chi connectivity index (χ0n) is 12.7. The summed E-state index contributed by atoms with van der Waals surface area (Å²) in [5.41, 5.74) is -0.448. The van der Waals surface area contributed by atoms with Gasteiger partial charge in [-0.05, 0) is 27.2 Å². The second kappa shape index (κ2) is 6.28. The van der Waals surface area contributed by atoms with Gasteiger partial charge in [0.2, 0.25) is 0 Å². The van der Waals surface area contributed by atoms with Crippen LogP contribution in [-0.4, -0.2) is 78.1 Å². The number of aliphatic hydroxyl groups is 1. The molecule has 0 radical (unpaired) electrons. The van der Waals surface area contributed by atoms with E-state index in [1.54, 1.807) is 4.90 Å². The van der Waals surface area contributed by atoms with Gasteiger partial charge < -0.3 is 19.5 Å². The molecule has 0 unspecified atom stereocenters. The standard InChI is InChI=1S/C14H26N2O4/c1-14(2,3)20-13(18)16-5-4-15-10-12(19-7-6-17)8-11(15)9-16/h11-12,17H,4-10H2,1-3H3/t11-,12+/m0/s1. The fourth-order valence-corrected chi connectivity index (χ4v) is 2.83. The molecular formula is C14H26N2O4. The summed E-state index contributed by atoms with van der Waals surface area (Å²) in [6.45, 7) is 9.27. The minimum absolute atomic E-state index is 0.0607. The summed E-state index contributed by atoms with van der Waals surface area (Å²) in [6, 6.07) is 0.347. The Bertz CT molecular complexity index is 343. The van der Waals surface area contributed by atoms with Crippen LogP contribution in [-0.2, 0) is 9.47 Å². The van der Waals surface area contributed by atoms with Gasteiger partial charge in [0.15, 0.2) is 0 Å². The first-order valence-electron chi connectivity index (χ1n) is 7.33. The van der Waals surface area contributed by atoms with Crippen molar-refractivity contribution in [1.82, 2.24) is 9.80 Å². The zero-order chi connectivity index (χ0) is 14.8. The van der Waals surface area contributed by atoms with E-state index in [1.165, 1.54) is 0 Å². The Morgan fingerprint density at radius 1 is 1.30 bits per heavy atom. The molecule has 2 fully saturated rings. The number of carbonyl (C=O) groups is 1. The molecule has 6 heteroatoms. The van der Waals surface area contributed by atoms with E-state index in [-0.39, 0.29) is 18.8 Å². The predicted octanol–water partition coefficient (Wildman–Crippen LogP) is 0.689. The minimum Gasteiger partial charge on any atom is -0.444 e. The molecule has 20 heavy (non-hydrogen) atoms. The van der Waals surface area contributed by atoms with E-state index in [9.17, 15) is 4.79 Å². The first-order valence-corrected chi connectivity index (χ1v) is 7.33. The molecule has 2 aliphatic heterocycles. The van der Waals surface area contributed by atoms with E-state index in [0.29, 0.717) is 25.7 Å². The van der Waals surface area contributed by atoms with E-state index in [2.05, 4.69) is 4.90 Å². The van der Waals surface area contributed by atoms with Crippen LogP contribution in [0.5, 0.6) is 0 Å². The van der Waals surface area contributed by atoms with E-state index < -0.39 is 5.60 Å². The van der Waals surface area contributed by atoms with Crippen molar-refractivity contribution in [2.75, 3.05) is 39.4 Å². The highest BCUT2D eigenvalue weighted by atomic mass is 16.6. The Labute approximate surface area is 120 Å². The number of ether oxygens (including phenoxy) is 2. The smallest absolute Gasteiger partial charge is 0.410 e. The van der Waals surface area contributed by atoms with E-state index >= 15 is 0 Å². The van der Waals surface area contributed by atoms with E-state index in [1.807, 2.05) is 20.8 Å². The highest BCUT2D eigenvalue weighted by molar-refractivity contribution is 5.68. The lowest BCUT2D eigenvalue weighted by Crippen LogP contribution is -2.53. The number of nitrogens with zero attached hydrogens (tertiary/aromatic N) is 2. The number of rotatable bonds is 3.